The Labute approximate surface area is 91.4 Å². The lowest BCUT2D eigenvalue weighted by Gasteiger charge is -2.22. The average Bonchev–Trinajstić information content (AvgIpc) is 2.00. The molecule has 0 saturated carbocycles. The Kier molecular flexibility index (Phi) is 8.99. The van der Waals surface area contributed by atoms with Gasteiger partial charge in [0, 0.05) is 5.75 Å². The molecule has 0 unspecified atom stereocenters. The van der Waals surface area contributed by atoms with Crippen molar-refractivity contribution in [2.75, 3.05) is 39.7 Å². The first-order chi connectivity index (χ1) is 6.20. The van der Waals surface area contributed by atoms with Gasteiger partial charge in [-0.3, -0.25) is 0 Å². The number of carbonyl (C=O) groups excluding carboxylic acids is 1. The molecule has 0 radical (unpaired) electrons. The van der Waals surface area contributed by atoms with Crippen LogP contribution in [0.4, 0.5) is 0 Å². The van der Waals surface area contributed by atoms with Crippen LogP contribution in [0.25, 0.3) is 0 Å². The number of quaternary nitrogens is 1. The zero-order chi connectivity index (χ0) is 11.8. The van der Waals surface area contributed by atoms with Crippen LogP contribution in [0, 0.1) is 0 Å². The summed E-state index contributed by atoms with van der Waals surface area (Å²) in [6.07, 6.45) is 2.15. The molecule has 0 aliphatic carbocycles. The third kappa shape index (κ3) is 17.6. The third-order valence-corrected chi connectivity index (χ3v) is 1.91. The standard InChI is InChI=1S/C6H16NS.C4H6O2/c1-7(2,3)5-6-8-4;1-3(2)4(5)6/h5-6H2,1-4H3;1H2,2H3,(H,5,6)/q+1;/p-1. The number of hydrogen-bond acceptors (Lipinski definition) is 3. The van der Waals surface area contributed by atoms with Gasteiger partial charge in [0.25, 0.3) is 0 Å². The molecule has 0 aromatic carbocycles. The lowest BCUT2D eigenvalue weighted by molar-refractivity contribution is -0.867. The molecule has 14 heavy (non-hydrogen) atoms. The van der Waals surface area contributed by atoms with E-state index in [-0.39, 0.29) is 5.57 Å². The van der Waals surface area contributed by atoms with Crippen LogP contribution in [0.2, 0.25) is 0 Å². The number of nitrogens with zero attached hydrogens (tertiary/aromatic N) is 1. The molecule has 0 aliphatic heterocycles. The zero-order valence-corrected chi connectivity index (χ0v) is 10.6. The maximum atomic E-state index is 9.49. The number of carbonyl (C=O) groups is 1. The summed E-state index contributed by atoms with van der Waals surface area (Å²) in [6.45, 7) is 5.74. The molecule has 84 valence electrons. The molecule has 0 heterocycles. The van der Waals surface area contributed by atoms with Gasteiger partial charge in [-0.15, -0.1) is 0 Å². The summed E-state index contributed by atoms with van der Waals surface area (Å²) in [4.78, 5) is 9.49. The highest BCUT2D eigenvalue weighted by atomic mass is 32.2. The molecular weight excluding hydrogens is 198 g/mol. The summed E-state index contributed by atoms with van der Waals surface area (Å²) < 4.78 is 1.08. The lowest BCUT2D eigenvalue weighted by atomic mass is 10.4. The Morgan fingerprint density at radius 2 is 1.79 bits per heavy atom. The highest BCUT2D eigenvalue weighted by Crippen LogP contribution is 1.96. The van der Waals surface area contributed by atoms with E-state index in [4.69, 9.17) is 0 Å². The molecule has 0 aliphatic rings. The number of aliphatic carboxylic acids is 1. The molecule has 0 atom stereocenters. The Balaban J connectivity index is 0. The average molecular weight is 219 g/mol. The van der Waals surface area contributed by atoms with E-state index in [2.05, 4.69) is 34.0 Å². The van der Waals surface area contributed by atoms with E-state index >= 15 is 0 Å². The van der Waals surface area contributed by atoms with Gasteiger partial charge in [0.05, 0.1) is 33.7 Å². The molecule has 0 saturated heterocycles. The fraction of sp³-hybridized carbons (Fsp3) is 0.700. The Bertz CT molecular complexity index is 173. The number of rotatable bonds is 4. The lowest BCUT2D eigenvalue weighted by Crippen LogP contribution is -2.36. The Morgan fingerprint density at radius 3 is 1.86 bits per heavy atom. The molecule has 0 bridgehead atoms. The van der Waals surface area contributed by atoms with Crippen molar-refractivity contribution in [2.24, 2.45) is 0 Å². The van der Waals surface area contributed by atoms with Crippen molar-refractivity contribution in [1.29, 1.82) is 0 Å². The normalized spacial score (nSPS) is 10.1. The van der Waals surface area contributed by atoms with Gasteiger partial charge in [-0.2, -0.15) is 11.8 Å². The predicted molar refractivity (Wildman–Crippen MR) is 61.1 cm³/mol. The summed E-state index contributed by atoms with van der Waals surface area (Å²) in [6, 6.07) is 0. The summed E-state index contributed by atoms with van der Waals surface area (Å²) in [5.41, 5.74) is 0.0648. The summed E-state index contributed by atoms with van der Waals surface area (Å²) in [5, 5.41) is 9.49. The fourth-order valence-electron chi connectivity index (χ4n) is 0.365. The molecular formula is C10H21NO2S. The van der Waals surface area contributed by atoms with Crippen molar-refractivity contribution in [3.63, 3.8) is 0 Å². The molecule has 0 amide bonds. The smallest absolute Gasteiger partial charge is 0.0872 e. The summed E-state index contributed by atoms with van der Waals surface area (Å²) >= 11 is 1.91. The molecule has 0 fully saturated rings. The maximum absolute atomic E-state index is 9.49. The quantitative estimate of drug-likeness (QED) is 0.506. The summed E-state index contributed by atoms with van der Waals surface area (Å²) in [5.74, 6) is 0.0822. The van der Waals surface area contributed by atoms with Crippen molar-refractivity contribution >= 4 is 17.7 Å². The van der Waals surface area contributed by atoms with Gasteiger partial charge in [0.15, 0.2) is 0 Å². The monoisotopic (exact) mass is 219 g/mol. The minimum atomic E-state index is -1.19. The van der Waals surface area contributed by atoms with Gasteiger partial charge in [-0.25, -0.2) is 0 Å². The van der Waals surface area contributed by atoms with Crippen molar-refractivity contribution in [1.82, 2.24) is 0 Å². The molecule has 0 N–H and O–H groups in total. The maximum Gasteiger partial charge on any atom is 0.0872 e. The van der Waals surface area contributed by atoms with E-state index in [1.807, 2.05) is 11.8 Å². The van der Waals surface area contributed by atoms with E-state index < -0.39 is 5.97 Å². The molecule has 0 aromatic heterocycles. The van der Waals surface area contributed by atoms with Gasteiger partial charge in [-0.05, 0) is 18.8 Å². The van der Waals surface area contributed by atoms with Crippen LogP contribution in [0.1, 0.15) is 6.92 Å². The molecule has 0 rings (SSSR count). The minimum Gasteiger partial charge on any atom is -0.545 e. The van der Waals surface area contributed by atoms with Gasteiger partial charge >= 0.3 is 0 Å². The second-order valence-corrected chi connectivity index (χ2v) is 5.06. The Hall–Kier alpha value is -0.480. The minimum absolute atomic E-state index is 0.0648. The second kappa shape index (κ2) is 7.88. The van der Waals surface area contributed by atoms with E-state index in [0.717, 1.165) is 4.48 Å². The first kappa shape index (κ1) is 16.0. The number of thioether (sulfide) groups is 1. The SMILES string of the molecule is C=C(C)C(=O)[O-].CSCC[N+](C)(C)C. The van der Waals surface area contributed by atoms with E-state index in [1.54, 1.807) is 0 Å². The van der Waals surface area contributed by atoms with Crippen LogP contribution in [0.5, 0.6) is 0 Å². The van der Waals surface area contributed by atoms with Gasteiger partial charge < -0.3 is 14.4 Å². The van der Waals surface area contributed by atoms with Crippen molar-refractivity contribution in [3.8, 4) is 0 Å². The topological polar surface area (TPSA) is 40.1 Å². The van der Waals surface area contributed by atoms with Gasteiger partial charge in [0.1, 0.15) is 0 Å². The Morgan fingerprint density at radius 1 is 1.43 bits per heavy atom. The van der Waals surface area contributed by atoms with Crippen LogP contribution in [0.15, 0.2) is 12.2 Å². The van der Waals surface area contributed by atoms with E-state index in [9.17, 15) is 9.90 Å². The predicted octanol–water partition coefficient (Wildman–Crippen LogP) is 0.368. The summed E-state index contributed by atoms with van der Waals surface area (Å²) in [7, 11) is 6.66. The van der Waals surface area contributed by atoms with E-state index in [0.29, 0.717) is 0 Å². The first-order valence-corrected chi connectivity index (χ1v) is 5.76. The van der Waals surface area contributed by atoms with Crippen LogP contribution in [-0.2, 0) is 4.79 Å². The largest absolute Gasteiger partial charge is 0.545 e. The van der Waals surface area contributed by atoms with Gasteiger partial charge in [0.2, 0.25) is 0 Å². The van der Waals surface area contributed by atoms with Crippen LogP contribution in [0.3, 0.4) is 0 Å². The van der Waals surface area contributed by atoms with E-state index in [1.165, 1.54) is 19.2 Å². The first-order valence-electron chi connectivity index (χ1n) is 4.37. The van der Waals surface area contributed by atoms with Crippen LogP contribution < -0.4 is 5.11 Å². The van der Waals surface area contributed by atoms with Crippen molar-refractivity contribution < 1.29 is 14.4 Å². The highest BCUT2D eigenvalue weighted by Gasteiger charge is 2.03. The molecule has 0 aromatic rings. The highest BCUT2D eigenvalue weighted by molar-refractivity contribution is 7.98. The van der Waals surface area contributed by atoms with Crippen LogP contribution in [-0.4, -0.2) is 50.1 Å². The second-order valence-electron chi connectivity index (χ2n) is 4.07. The number of carboxylic acid groups (broad SMARTS) is 1. The van der Waals surface area contributed by atoms with Crippen molar-refractivity contribution in [3.05, 3.63) is 12.2 Å². The molecule has 0 spiro atoms. The van der Waals surface area contributed by atoms with Crippen molar-refractivity contribution in [2.45, 2.75) is 6.92 Å². The number of hydrogen-bond donors (Lipinski definition) is 0. The fourth-order valence-corrected chi connectivity index (χ4v) is 1.10. The molecule has 4 heteroatoms. The third-order valence-electron chi connectivity index (χ3n) is 1.31. The number of carboxylic acids is 1. The zero-order valence-electron chi connectivity index (χ0n) is 9.79. The van der Waals surface area contributed by atoms with Gasteiger partial charge in [-0.1, -0.05) is 6.58 Å². The molecule has 3 nitrogen and oxygen atoms in total. The van der Waals surface area contributed by atoms with Crippen LogP contribution >= 0.6 is 11.8 Å².